The number of carboxylic acid groups (broad SMARTS) is 1. The normalized spacial score (nSPS) is 11.3. The number of carboxylic acids is 1. The van der Waals surface area contributed by atoms with Crippen molar-refractivity contribution in [2.24, 2.45) is 5.41 Å². The van der Waals surface area contributed by atoms with Gasteiger partial charge in [0.25, 0.3) is 0 Å². The van der Waals surface area contributed by atoms with E-state index in [4.69, 9.17) is 9.84 Å². The molecule has 0 aliphatic carbocycles. The van der Waals surface area contributed by atoms with Crippen molar-refractivity contribution in [1.29, 1.82) is 0 Å². The predicted octanol–water partition coefficient (Wildman–Crippen LogP) is 2.19. The van der Waals surface area contributed by atoms with E-state index in [0.29, 0.717) is 0 Å². The zero-order valence-electron chi connectivity index (χ0n) is 9.95. The van der Waals surface area contributed by atoms with Gasteiger partial charge in [-0.3, -0.25) is 4.79 Å². The molecule has 1 aromatic rings. The van der Waals surface area contributed by atoms with Crippen molar-refractivity contribution in [2.45, 2.75) is 20.3 Å². The fraction of sp³-hybridized carbons (Fsp3) is 0.417. The first-order valence-electron chi connectivity index (χ1n) is 5.07. The molecule has 0 saturated carbocycles. The Morgan fingerprint density at radius 2 is 2.06 bits per heavy atom. The third kappa shape index (κ3) is 2.67. The fourth-order valence-corrected chi connectivity index (χ4v) is 1.44. The summed E-state index contributed by atoms with van der Waals surface area (Å²) in [5, 5.41) is 18.7. The Bertz CT molecular complexity index is 440. The van der Waals surface area contributed by atoms with Gasteiger partial charge in [-0.05, 0) is 32.4 Å². The van der Waals surface area contributed by atoms with Crippen LogP contribution >= 0.6 is 0 Å². The molecule has 1 rings (SSSR count). The SMILES string of the molecule is COc1ccc(F)c(CC(C)(C)C(=O)O)c1O. The summed E-state index contributed by atoms with van der Waals surface area (Å²) in [6, 6.07) is 2.44. The van der Waals surface area contributed by atoms with Gasteiger partial charge in [0.1, 0.15) is 5.82 Å². The van der Waals surface area contributed by atoms with Gasteiger partial charge in [0.15, 0.2) is 11.5 Å². The van der Waals surface area contributed by atoms with E-state index in [1.54, 1.807) is 0 Å². The number of aromatic hydroxyl groups is 1. The highest BCUT2D eigenvalue weighted by molar-refractivity contribution is 5.74. The van der Waals surface area contributed by atoms with Gasteiger partial charge in [-0.15, -0.1) is 0 Å². The van der Waals surface area contributed by atoms with Gasteiger partial charge in [0.05, 0.1) is 12.5 Å². The lowest BCUT2D eigenvalue weighted by Gasteiger charge is -2.20. The Kier molecular flexibility index (Phi) is 3.60. The van der Waals surface area contributed by atoms with Crippen LogP contribution in [0.25, 0.3) is 0 Å². The lowest BCUT2D eigenvalue weighted by Crippen LogP contribution is -2.26. The maximum absolute atomic E-state index is 13.6. The number of phenolic OH excluding ortho intramolecular Hbond substituents is 1. The number of benzene rings is 1. The number of ether oxygens (including phenoxy) is 1. The van der Waals surface area contributed by atoms with Gasteiger partial charge in [0, 0.05) is 5.56 Å². The van der Waals surface area contributed by atoms with Crippen molar-refractivity contribution in [2.75, 3.05) is 7.11 Å². The molecule has 0 atom stereocenters. The number of aliphatic carboxylic acids is 1. The standard InChI is InChI=1S/C12H15FO4/c1-12(2,11(15)16)6-7-8(13)4-5-9(17-3)10(7)14/h4-5,14H,6H2,1-3H3,(H,15,16). The van der Waals surface area contributed by atoms with Gasteiger partial charge in [-0.25, -0.2) is 4.39 Å². The molecule has 0 radical (unpaired) electrons. The summed E-state index contributed by atoms with van der Waals surface area (Å²) in [4.78, 5) is 11.0. The summed E-state index contributed by atoms with van der Waals surface area (Å²) in [6.07, 6.45) is -0.114. The summed E-state index contributed by atoms with van der Waals surface area (Å²) < 4.78 is 18.4. The monoisotopic (exact) mass is 242 g/mol. The second-order valence-corrected chi connectivity index (χ2v) is 4.44. The van der Waals surface area contributed by atoms with Gasteiger partial charge in [-0.2, -0.15) is 0 Å². The summed E-state index contributed by atoms with van der Waals surface area (Å²) in [5.41, 5.74) is -1.21. The lowest BCUT2D eigenvalue weighted by molar-refractivity contribution is -0.146. The Morgan fingerprint density at radius 1 is 1.47 bits per heavy atom. The first kappa shape index (κ1) is 13.3. The van der Waals surface area contributed by atoms with E-state index in [9.17, 15) is 14.3 Å². The average Bonchev–Trinajstić information content (AvgIpc) is 2.24. The molecular formula is C12H15FO4. The van der Waals surface area contributed by atoms with Gasteiger partial charge >= 0.3 is 5.97 Å². The van der Waals surface area contributed by atoms with E-state index in [0.717, 1.165) is 6.07 Å². The summed E-state index contributed by atoms with van der Waals surface area (Å²) in [7, 11) is 1.35. The molecule has 0 heterocycles. The molecule has 0 aliphatic rings. The number of halogens is 1. The minimum Gasteiger partial charge on any atom is -0.504 e. The molecular weight excluding hydrogens is 227 g/mol. The molecule has 0 amide bonds. The van der Waals surface area contributed by atoms with E-state index in [-0.39, 0.29) is 23.5 Å². The second-order valence-electron chi connectivity index (χ2n) is 4.44. The molecule has 0 unspecified atom stereocenters. The molecule has 2 N–H and O–H groups in total. The zero-order chi connectivity index (χ0) is 13.2. The largest absolute Gasteiger partial charge is 0.504 e. The topological polar surface area (TPSA) is 66.8 Å². The fourth-order valence-electron chi connectivity index (χ4n) is 1.44. The Labute approximate surface area is 98.7 Å². The molecule has 0 fully saturated rings. The van der Waals surface area contributed by atoms with Gasteiger partial charge in [-0.1, -0.05) is 0 Å². The maximum atomic E-state index is 13.6. The number of methoxy groups -OCH3 is 1. The molecule has 0 aromatic heterocycles. The number of hydrogen-bond acceptors (Lipinski definition) is 3. The van der Waals surface area contributed by atoms with Crippen molar-refractivity contribution < 1.29 is 24.1 Å². The number of phenols is 1. The Morgan fingerprint density at radius 3 is 2.53 bits per heavy atom. The quantitative estimate of drug-likeness (QED) is 0.849. The van der Waals surface area contributed by atoms with Crippen LogP contribution < -0.4 is 4.74 Å². The number of rotatable bonds is 4. The van der Waals surface area contributed by atoms with Crippen LogP contribution in [0.2, 0.25) is 0 Å². The third-order valence-electron chi connectivity index (χ3n) is 2.61. The summed E-state index contributed by atoms with van der Waals surface area (Å²) in [5.74, 6) is -1.92. The van der Waals surface area contributed by atoms with Crippen LogP contribution in [0.15, 0.2) is 12.1 Å². The highest BCUT2D eigenvalue weighted by Crippen LogP contribution is 2.35. The average molecular weight is 242 g/mol. The highest BCUT2D eigenvalue weighted by Gasteiger charge is 2.30. The first-order valence-corrected chi connectivity index (χ1v) is 5.07. The molecule has 4 nitrogen and oxygen atoms in total. The molecule has 0 saturated heterocycles. The molecule has 1 aromatic carbocycles. The molecule has 94 valence electrons. The van der Waals surface area contributed by atoms with E-state index < -0.39 is 17.2 Å². The van der Waals surface area contributed by atoms with Crippen molar-refractivity contribution in [3.63, 3.8) is 0 Å². The minimum atomic E-state index is -1.16. The van der Waals surface area contributed by atoms with Crippen LogP contribution in [0, 0.1) is 11.2 Å². The van der Waals surface area contributed by atoms with Crippen LogP contribution in [0.3, 0.4) is 0 Å². The molecule has 0 aliphatic heterocycles. The van der Waals surface area contributed by atoms with Crippen molar-refractivity contribution >= 4 is 5.97 Å². The second kappa shape index (κ2) is 4.61. The van der Waals surface area contributed by atoms with E-state index >= 15 is 0 Å². The number of carbonyl (C=O) groups is 1. The van der Waals surface area contributed by atoms with Crippen LogP contribution in [0.4, 0.5) is 4.39 Å². The van der Waals surface area contributed by atoms with E-state index in [1.807, 2.05) is 0 Å². The van der Waals surface area contributed by atoms with Crippen LogP contribution in [0.5, 0.6) is 11.5 Å². The zero-order valence-corrected chi connectivity index (χ0v) is 9.95. The molecule has 0 spiro atoms. The Balaban J connectivity index is 3.18. The smallest absolute Gasteiger partial charge is 0.309 e. The van der Waals surface area contributed by atoms with Crippen molar-refractivity contribution in [1.82, 2.24) is 0 Å². The van der Waals surface area contributed by atoms with Gasteiger partial charge < -0.3 is 14.9 Å². The van der Waals surface area contributed by atoms with E-state index in [2.05, 4.69) is 0 Å². The first-order chi connectivity index (χ1) is 7.79. The summed E-state index contributed by atoms with van der Waals surface area (Å²) in [6.45, 7) is 2.93. The highest BCUT2D eigenvalue weighted by atomic mass is 19.1. The summed E-state index contributed by atoms with van der Waals surface area (Å²) >= 11 is 0. The van der Waals surface area contributed by atoms with Crippen molar-refractivity contribution in [3.8, 4) is 11.5 Å². The number of hydrogen-bond donors (Lipinski definition) is 2. The van der Waals surface area contributed by atoms with Crippen LogP contribution in [0.1, 0.15) is 19.4 Å². The van der Waals surface area contributed by atoms with Gasteiger partial charge in [0.2, 0.25) is 0 Å². The van der Waals surface area contributed by atoms with Crippen LogP contribution in [-0.2, 0) is 11.2 Å². The molecule has 17 heavy (non-hydrogen) atoms. The van der Waals surface area contributed by atoms with Crippen molar-refractivity contribution in [3.05, 3.63) is 23.5 Å². The Hall–Kier alpha value is -1.78. The third-order valence-corrected chi connectivity index (χ3v) is 2.61. The van der Waals surface area contributed by atoms with E-state index in [1.165, 1.54) is 27.0 Å². The van der Waals surface area contributed by atoms with Crippen LogP contribution in [-0.4, -0.2) is 23.3 Å². The predicted molar refractivity (Wildman–Crippen MR) is 59.7 cm³/mol. The maximum Gasteiger partial charge on any atom is 0.309 e. The minimum absolute atomic E-state index is 0.0447. The molecule has 5 heteroatoms. The lowest BCUT2D eigenvalue weighted by atomic mass is 9.85. The molecule has 0 bridgehead atoms.